The Bertz CT molecular complexity index is 1070. The minimum atomic E-state index is -0.276. The first-order chi connectivity index (χ1) is 13.8. The maximum atomic E-state index is 13.0. The summed E-state index contributed by atoms with van der Waals surface area (Å²) < 4.78 is 7.96. The third kappa shape index (κ3) is 4.48. The smallest absolute Gasteiger partial charge is 0.259 e. The maximum absolute atomic E-state index is 13.0. The number of methoxy groups -OCH3 is 1. The minimum Gasteiger partial charge on any atom is -0.495 e. The topological polar surface area (TPSA) is 85.2 Å². The van der Waals surface area contributed by atoms with Gasteiger partial charge in [0.2, 0.25) is 5.91 Å². The van der Waals surface area contributed by atoms with Crippen molar-refractivity contribution in [3.05, 3.63) is 63.9 Å². The van der Waals surface area contributed by atoms with Crippen molar-refractivity contribution in [1.82, 2.24) is 9.78 Å². The van der Waals surface area contributed by atoms with Gasteiger partial charge in [-0.15, -0.1) is 0 Å². The molecule has 0 aliphatic rings. The van der Waals surface area contributed by atoms with E-state index in [1.165, 1.54) is 14.0 Å². The third-order valence-corrected chi connectivity index (χ3v) is 4.89. The number of aryl methyl sites for hydroxylation is 1. The van der Waals surface area contributed by atoms with Crippen molar-refractivity contribution in [2.45, 2.75) is 20.8 Å². The Morgan fingerprint density at radius 1 is 1.07 bits per heavy atom. The van der Waals surface area contributed by atoms with E-state index in [1.54, 1.807) is 29.8 Å². The number of amides is 2. The monoisotopic (exact) mass is 456 g/mol. The van der Waals surface area contributed by atoms with Gasteiger partial charge in [-0.3, -0.25) is 9.59 Å². The van der Waals surface area contributed by atoms with Gasteiger partial charge in [0.25, 0.3) is 5.91 Å². The first-order valence-electron chi connectivity index (χ1n) is 8.89. The number of nitrogens with zero attached hydrogens (tertiary/aromatic N) is 2. The number of ether oxygens (including phenoxy) is 1. The molecule has 3 rings (SSSR count). The average Bonchev–Trinajstić information content (AvgIpc) is 2.96. The van der Waals surface area contributed by atoms with Crippen molar-refractivity contribution < 1.29 is 14.3 Å². The van der Waals surface area contributed by atoms with Crippen LogP contribution in [0.3, 0.4) is 0 Å². The van der Waals surface area contributed by atoms with Gasteiger partial charge >= 0.3 is 0 Å². The second-order valence-corrected chi connectivity index (χ2v) is 7.40. The summed E-state index contributed by atoms with van der Waals surface area (Å²) in [6.45, 7) is 5.07. The summed E-state index contributed by atoms with van der Waals surface area (Å²) in [6.07, 6.45) is 0. The molecule has 0 saturated heterocycles. The predicted molar refractivity (Wildman–Crippen MR) is 116 cm³/mol. The molecular weight excluding hydrogens is 436 g/mol. The largest absolute Gasteiger partial charge is 0.495 e. The van der Waals surface area contributed by atoms with Crippen molar-refractivity contribution in [1.29, 1.82) is 0 Å². The summed E-state index contributed by atoms with van der Waals surface area (Å²) in [6, 6.07) is 12.8. The van der Waals surface area contributed by atoms with Crippen LogP contribution in [0.15, 0.2) is 46.9 Å². The van der Waals surface area contributed by atoms with Crippen LogP contribution in [0.1, 0.15) is 28.7 Å². The van der Waals surface area contributed by atoms with Crippen LogP contribution in [0.2, 0.25) is 0 Å². The van der Waals surface area contributed by atoms with Gasteiger partial charge < -0.3 is 15.4 Å². The van der Waals surface area contributed by atoms with Crippen LogP contribution in [-0.4, -0.2) is 28.7 Å². The Hall–Kier alpha value is -3.13. The quantitative estimate of drug-likeness (QED) is 0.592. The molecule has 0 fully saturated rings. The molecule has 0 aliphatic heterocycles. The third-order valence-electron chi connectivity index (χ3n) is 4.36. The lowest BCUT2D eigenvalue weighted by molar-refractivity contribution is -0.114. The number of aromatic nitrogens is 2. The lowest BCUT2D eigenvalue weighted by atomic mass is 10.1. The van der Waals surface area contributed by atoms with Gasteiger partial charge in [-0.05, 0) is 56.3 Å². The van der Waals surface area contributed by atoms with Crippen molar-refractivity contribution in [3.8, 4) is 11.4 Å². The lowest BCUT2D eigenvalue weighted by Gasteiger charge is -2.12. The normalized spacial score (nSPS) is 10.5. The maximum Gasteiger partial charge on any atom is 0.259 e. The molecule has 29 heavy (non-hydrogen) atoms. The molecular formula is C21H21BrN4O3. The molecule has 0 spiro atoms. The summed E-state index contributed by atoms with van der Waals surface area (Å²) >= 11 is 3.42. The molecule has 2 aromatic carbocycles. The Balaban J connectivity index is 1.90. The highest BCUT2D eigenvalue weighted by atomic mass is 79.9. The lowest BCUT2D eigenvalue weighted by Crippen LogP contribution is -2.15. The molecule has 0 atom stereocenters. The van der Waals surface area contributed by atoms with E-state index >= 15 is 0 Å². The molecule has 2 N–H and O–H groups in total. The highest BCUT2D eigenvalue weighted by Crippen LogP contribution is 2.28. The zero-order valence-corrected chi connectivity index (χ0v) is 18.1. The van der Waals surface area contributed by atoms with Crippen LogP contribution in [0, 0.1) is 13.8 Å². The number of halogens is 1. The summed E-state index contributed by atoms with van der Waals surface area (Å²) in [5, 5.41) is 10.1. The molecule has 0 saturated carbocycles. The Kier molecular flexibility index (Phi) is 6.03. The average molecular weight is 457 g/mol. The molecule has 1 heterocycles. The molecule has 0 radical (unpaired) electrons. The van der Waals surface area contributed by atoms with E-state index in [0.717, 1.165) is 15.9 Å². The number of rotatable bonds is 5. The second kappa shape index (κ2) is 8.48. The van der Waals surface area contributed by atoms with E-state index in [9.17, 15) is 9.59 Å². The highest BCUT2D eigenvalue weighted by Gasteiger charge is 2.20. The molecule has 7 nitrogen and oxygen atoms in total. The fourth-order valence-corrected chi connectivity index (χ4v) is 3.34. The van der Waals surface area contributed by atoms with Crippen molar-refractivity contribution in [3.63, 3.8) is 0 Å². The molecule has 150 valence electrons. The Morgan fingerprint density at radius 2 is 1.76 bits per heavy atom. The van der Waals surface area contributed by atoms with Crippen LogP contribution < -0.4 is 15.4 Å². The van der Waals surface area contributed by atoms with Gasteiger partial charge in [-0.1, -0.05) is 15.9 Å². The van der Waals surface area contributed by atoms with Crippen molar-refractivity contribution in [2.24, 2.45) is 0 Å². The zero-order chi connectivity index (χ0) is 21.1. The Labute approximate surface area is 177 Å². The summed E-state index contributed by atoms with van der Waals surface area (Å²) in [5.41, 5.74) is 3.75. The molecule has 8 heteroatoms. The summed E-state index contributed by atoms with van der Waals surface area (Å²) in [4.78, 5) is 24.4. The van der Waals surface area contributed by atoms with Crippen LogP contribution >= 0.6 is 15.9 Å². The summed E-state index contributed by atoms with van der Waals surface area (Å²) in [7, 11) is 1.52. The van der Waals surface area contributed by atoms with Gasteiger partial charge in [0.05, 0.1) is 35.4 Å². The first-order valence-corrected chi connectivity index (χ1v) is 9.68. The number of carbonyl (C=O) groups excluding carboxylic acids is 2. The van der Waals surface area contributed by atoms with Gasteiger partial charge in [0.15, 0.2) is 0 Å². The van der Waals surface area contributed by atoms with Crippen LogP contribution in [0.25, 0.3) is 5.69 Å². The van der Waals surface area contributed by atoms with Gasteiger partial charge in [-0.2, -0.15) is 5.10 Å². The van der Waals surface area contributed by atoms with Gasteiger partial charge in [0.1, 0.15) is 5.75 Å². The summed E-state index contributed by atoms with van der Waals surface area (Å²) in [5.74, 6) is 0.00478. The van der Waals surface area contributed by atoms with E-state index < -0.39 is 0 Å². The molecule has 2 amide bonds. The fourth-order valence-electron chi connectivity index (χ4n) is 3.07. The van der Waals surface area contributed by atoms with Crippen LogP contribution in [0.4, 0.5) is 11.4 Å². The van der Waals surface area contributed by atoms with Gasteiger partial charge in [-0.25, -0.2) is 4.68 Å². The van der Waals surface area contributed by atoms with E-state index in [4.69, 9.17) is 4.74 Å². The predicted octanol–water partition coefficient (Wildman–Crippen LogP) is 4.47. The molecule has 1 aromatic heterocycles. The number of nitrogens with one attached hydrogen (secondary N) is 2. The molecule has 0 bridgehead atoms. The zero-order valence-electron chi connectivity index (χ0n) is 16.5. The van der Waals surface area contributed by atoms with E-state index in [2.05, 4.69) is 31.7 Å². The van der Waals surface area contributed by atoms with Crippen molar-refractivity contribution in [2.75, 3.05) is 17.7 Å². The van der Waals surface area contributed by atoms with Crippen LogP contribution in [0.5, 0.6) is 5.75 Å². The number of hydrogen-bond donors (Lipinski definition) is 2. The van der Waals surface area contributed by atoms with Crippen LogP contribution in [-0.2, 0) is 4.79 Å². The second-order valence-electron chi connectivity index (χ2n) is 6.48. The fraction of sp³-hybridized carbons (Fsp3) is 0.190. The number of benzene rings is 2. The highest BCUT2D eigenvalue weighted by molar-refractivity contribution is 9.10. The number of anilines is 2. The first kappa shape index (κ1) is 20.6. The number of hydrogen-bond acceptors (Lipinski definition) is 4. The number of carbonyl (C=O) groups is 2. The Morgan fingerprint density at radius 3 is 2.38 bits per heavy atom. The van der Waals surface area contributed by atoms with E-state index in [-0.39, 0.29) is 11.8 Å². The SMILES string of the molecule is COc1ccc(NC(=O)c2c(C)nn(-c3ccc(Br)cc3)c2C)cc1NC(C)=O. The molecule has 0 aliphatic carbocycles. The minimum absolute atomic E-state index is 0.228. The van der Waals surface area contributed by atoms with E-state index in [0.29, 0.717) is 28.4 Å². The van der Waals surface area contributed by atoms with Crippen molar-refractivity contribution >= 4 is 39.1 Å². The van der Waals surface area contributed by atoms with Gasteiger partial charge in [0, 0.05) is 17.1 Å². The molecule has 0 unspecified atom stereocenters. The molecule has 3 aromatic rings. The standard InChI is InChI=1S/C21H21BrN4O3/c1-12-20(13(2)26(25-12)17-8-5-15(22)6-9-17)21(28)24-16-7-10-19(29-4)18(11-16)23-14(3)27/h5-11H,1-4H3,(H,23,27)(H,24,28). The van der Waals surface area contributed by atoms with E-state index in [1.807, 2.05) is 31.2 Å².